The molecule has 0 aliphatic heterocycles. The summed E-state index contributed by atoms with van der Waals surface area (Å²) in [6, 6.07) is 0. The summed E-state index contributed by atoms with van der Waals surface area (Å²) < 4.78 is 0. The monoisotopic (exact) mass is 123 g/mol. The van der Waals surface area contributed by atoms with Crippen LogP contribution in [0.2, 0.25) is 0 Å². The molecule has 0 atom stereocenters. The lowest BCUT2D eigenvalue weighted by atomic mass is 9.82. The molecule has 0 N–H and O–H groups in total. The molecule has 0 spiro atoms. The van der Waals surface area contributed by atoms with E-state index in [-0.39, 0.29) is 0 Å². The van der Waals surface area contributed by atoms with E-state index in [0.717, 1.165) is 11.3 Å². The molecule has 0 nitrogen and oxygen atoms in total. The van der Waals surface area contributed by atoms with Crippen molar-refractivity contribution in [3.05, 3.63) is 6.42 Å². The molecule has 9 heavy (non-hydrogen) atoms. The van der Waals surface area contributed by atoms with Gasteiger partial charge in [0.25, 0.3) is 0 Å². The van der Waals surface area contributed by atoms with E-state index in [0.29, 0.717) is 0 Å². The van der Waals surface area contributed by atoms with Gasteiger partial charge in [0, 0.05) is 0 Å². The Labute approximate surface area is 57.6 Å². The number of fused-ring (bicyclic) bond motifs is 2. The summed E-state index contributed by atoms with van der Waals surface area (Å²) in [5.41, 5.74) is 0.727. The zero-order valence-corrected chi connectivity index (χ0v) is 6.19. The molecular weight excluding hydrogens is 108 g/mol. The zero-order valence-electron chi connectivity index (χ0n) is 6.19. The van der Waals surface area contributed by atoms with E-state index in [1.165, 1.54) is 32.1 Å². The highest BCUT2D eigenvalue weighted by atomic mass is 14.5. The first-order valence-electron chi connectivity index (χ1n) is 4.15. The topological polar surface area (TPSA) is 0 Å². The third-order valence-electron chi connectivity index (χ3n) is 3.41. The first kappa shape index (κ1) is 5.76. The van der Waals surface area contributed by atoms with E-state index >= 15 is 0 Å². The molecule has 2 aliphatic rings. The van der Waals surface area contributed by atoms with Gasteiger partial charge in [0.15, 0.2) is 0 Å². The minimum Gasteiger partial charge on any atom is -0.0617 e. The van der Waals surface area contributed by atoms with Crippen LogP contribution >= 0.6 is 0 Å². The third-order valence-corrected chi connectivity index (χ3v) is 3.41. The molecule has 2 aliphatic carbocycles. The van der Waals surface area contributed by atoms with Gasteiger partial charge in [-0.3, -0.25) is 0 Å². The van der Waals surface area contributed by atoms with Crippen molar-refractivity contribution in [3.63, 3.8) is 0 Å². The molecule has 0 aromatic rings. The van der Waals surface area contributed by atoms with Crippen molar-refractivity contribution in [3.8, 4) is 0 Å². The van der Waals surface area contributed by atoms with Crippen LogP contribution in [0.4, 0.5) is 0 Å². The van der Waals surface area contributed by atoms with Crippen LogP contribution in [0.3, 0.4) is 0 Å². The van der Waals surface area contributed by atoms with Crippen LogP contribution in [0, 0.1) is 17.8 Å². The molecule has 0 heteroatoms. The fourth-order valence-corrected chi connectivity index (χ4v) is 2.64. The molecule has 51 valence electrons. The van der Waals surface area contributed by atoms with Crippen molar-refractivity contribution in [2.45, 2.75) is 39.0 Å². The summed E-state index contributed by atoms with van der Waals surface area (Å²) in [6.07, 6.45) is 10.0. The molecular formula is C9H15. The Morgan fingerprint density at radius 3 is 2.22 bits per heavy atom. The lowest BCUT2D eigenvalue weighted by Gasteiger charge is -2.23. The Morgan fingerprint density at radius 2 is 2.00 bits per heavy atom. The smallest absolute Gasteiger partial charge is 0.0266 e. The predicted octanol–water partition coefficient (Wildman–Crippen LogP) is 2.79. The molecule has 2 bridgehead atoms. The second-order valence-electron chi connectivity index (χ2n) is 3.80. The summed E-state index contributed by atoms with van der Waals surface area (Å²) in [7, 11) is 0. The summed E-state index contributed by atoms with van der Waals surface area (Å²) in [5.74, 6) is 1.11. The molecule has 1 radical (unpaired) electrons. The fraction of sp³-hybridized carbons (Fsp3) is 0.889. The first-order chi connectivity index (χ1) is 4.35. The molecule has 0 amide bonds. The quantitative estimate of drug-likeness (QED) is 0.503. The van der Waals surface area contributed by atoms with Gasteiger partial charge in [0.2, 0.25) is 0 Å². The van der Waals surface area contributed by atoms with Crippen molar-refractivity contribution in [1.29, 1.82) is 0 Å². The van der Waals surface area contributed by atoms with Crippen molar-refractivity contribution >= 4 is 0 Å². The van der Waals surface area contributed by atoms with Crippen LogP contribution in [-0.4, -0.2) is 0 Å². The van der Waals surface area contributed by atoms with Crippen LogP contribution in [0.15, 0.2) is 0 Å². The molecule has 0 aromatic heterocycles. The van der Waals surface area contributed by atoms with Gasteiger partial charge in [-0.15, -0.1) is 0 Å². The SMILES string of the molecule is C[CH]C12CCC(CC1)C2. The van der Waals surface area contributed by atoms with Crippen LogP contribution in [0.5, 0.6) is 0 Å². The maximum absolute atomic E-state index is 2.46. The largest absolute Gasteiger partial charge is 0.0617 e. The predicted molar refractivity (Wildman–Crippen MR) is 39.0 cm³/mol. The summed E-state index contributed by atoms with van der Waals surface area (Å²) in [6.45, 7) is 2.24. The summed E-state index contributed by atoms with van der Waals surface area (Å²) in [4.78, 5) is 0. The van der Waals surface area contributed by atoms with Gasteiger partial charge in [-0.25, -0.2) is 0 Å². The maximum atomic E-state index is 2.46. The molecule has 2 saturated carbocycles. The average Bonchev–Trinajstić information content (AvgIpc) is 2.46. The van der Waals surface area contributed by atoms with Crippen LogP contribution in [-0.2, 0) is 0 Å². The van der Waals surface area contributed by atoms with E-state index in [9.17, 15) is 0 Å². The molecule has 0 heterocycles. The Balaban J connectivity index is 2.13. The Morgan fingerprint density at radius 1 is 1.33 bits per heavy atom. The Hall–Kier alpha value is 0. The van der Waals surface area contributed by atoms with Gasteiger partial charge in [-0.05, 0) is 49.9 Å². The van der Waals surface area contributed by atoms with Gasteiger partial charge in [-0.2, -0.15) is 0 Å². The minimum atomic E-state index is 0.727. The number of rotatable bonds is 1. The van der Waals surface area contributed by atoms with Crippen LogP contribution < -0.4 is 0 Å². The van der Waals surface area contributed by atoms with E-state index in [2.05, 4.69) is 13.3 Å². The van der Waals surface area contributed by atoms with Gasteiger partial charge in [-0.1, -0.05) is 6.92 Å². The van der Waals surface area contributed by atoms with E-state index in [1.807, 2.05) is 0 Å². The molecule has 2 fully saturated rings. The average molecular weight is 123 g/mol. The first-order valence-corrected chi connectivity index (χ1v) is 4.15. The van der Waals surface area contributed by atoms with Gasteiger partial charge in [0.1, 0.15) is 0 Å². The highest BCUT2D eigenvalue weighted by Gasteiger charge is 2.43. The lowest BCUT2D eigenvalue weighted by molar-refractivity contribution is 0.353. The molecule has 0 unspecified atom stereocenters. The second-order valence-corrected chi connectivity index (χ2v) is 3.80. The maximum Gasteiger partial charge on any atom is -0.0266 e. The molecule has 0 saturated heterocycles. The van der Waals surface area contributed by atoms with E-state index < -0.39 is 0 Å². The summed E-state index contributed by atoms with van der Waals surface area (Å²) >= 11 is 0. The Bertz CT molecular complexity index is 107. The van der Waals surface area contributed by atoms with Gasteiger partial charge < -0.3 is 0 Å². The van der Waals surface area contributed by atoms with Crippen molar-refractivity contribution in [2.75, 3.05) is 0 Å². The van der Waals surface area contributed by atoms with Crippen molar-refractivity contribution in [2.24, 2.45) is 11.3 Å². The molecule has 0 aromatic carbocycles. The number of hydrogen-bond donors (Lipinski definition) is 0. The fourth-order valence-electron chi connectivity index (χ4n) is 2.64. The highest BCUT2D eigenvalue weighted by Crippen LogP contribution is 2.55. The standard InChI is InChI=1S/C9H15/c1-2-9-5-3-8(7-9)4-6-9/h2,8H,3-7H2,1H3. The molecule has 2 rings (SSSR count). The lowest BCUT2D eigenvalue weighted by Crippen LogP contribution is -2.11. The third kappa shape index (κ3) is 0.720. The van der Waals surface area contributed by atoms with Gasteiger partial charge >= 0.3 is 0 Å². The van der Waals surface area contributed by atoms with Crippen LogP contribution in [0.1, 0.15) is 39.0 Å². The van der Waals surface area contributed by atoms with Crippen molar-refractivity contribution in [1.82, 2.24) is 0 Å². The second kappa shape index (κ2) is 1.74. The van der Waals surface area contributed by atoms with Crippen LogP contribution in [0.25, 0.3) is 0 Å². The Kier molecular flexibility index (Phi) is 1.12. The number of hydrogen-bond acceptors (Lipinski definition) is 0. The zero-order chi connectivity index (χ0) is 6.32. The summed E-state index contributed by atoms with van der Waals surface area (Å²) in [5, 5.41) is 0. The van der Waals surface area contributed by atoms with Gasteiger partial charge in [0.05, 0.1) is 0 Å². The normalized spacial score (nSPS) is 48.3. The van der Waals surface area contributed by atoms with E-state index in [4.69, 9.17) is 0 Å². The van der Waals surface area contributed by atoms with Crippen molar-refractivity contribution < 1.29 is 0 Å². The highest BCUT2D eigenvalue weighted by molar-refractivity contribution is 5.01. The van der Waals surface area contributed by atoms with E-state index in [1.54, 1.807) is 0 Å². The minimum absolute atomic E-state index is 0.727.